The van der Waals surface area contributed by atoms with Gasteiger partial charge in [0.1, 0.15) is 6.07 Å². The topological polar surface area (TPSA) is 74.5 Å². The fraction of sp³-hybridized carbons (Fsp3) is 0.769. The van der Waals surface area contributed by atoms with Gasteiger partial charge in [0, 0.05) is 0 Å². The lowest BCUT2D eigenvalue weighted by Gasteiger charge is -2.56. The standard InChI is InChI=1S/C13H16N4O/c14-7-11-12(18)17(16-15-11)13-4-8-1-9(5-13)3-10(2-8)6-13/h8-10,16H,1-6H2. The Morgan fingerprint density at radius 2 is 1.78 bits per heavy atom. The fourth-order valence-electron chi connectivity index (χ4n) is 5.03. The second-order valence-corrected chi connectivity index (χ2v) is 6.45. The molecule has 5 nitrogen and oxygen atoms in total. The third-order valence-electron chi connectivity index (χ3n) is 5.25. The van der Waals surface area contributed by atoms with Crippen molar-refractivity contribution in [1.82, 2.24) is 15.0 Å². The zero-order chi connectivity index (χ0) is 12.3. The second-order valence-electron chi connectivity index (χ2n) is 6.45. The van der Waals surface area contributed by atoms with Crippen LogP contribution >= 0.6 is 0 Å². The van der Waals surface area contributed by atoms with E-state index in [9.17, 15) is 4.79 Å². The van der Waals surface area contributed by atoms with Crippen molar-refractivity contribution in [2.24, 2.45) is 17.8 Å². The summed E-state index contributed by atoms with van der Waals surface area (Å²) in [4.78, 5) is 12.2. The van der Waals surface area contributed by atoms with Crippen molar-refractivity contribution in [1.29, 1.82) is 5.26 Å². The first-order valence-electron chi connectivity index (χ1n) is 6.78. The van der Waals surface area contributed by atoms with Crippen LogP contribution < -0.4 is 5.56 Å². The largest absolute Gasteiger partial charge is 0.305 e. The molecule has 1 heterocycles. The van der Waals surface area contributed by atoms with E-state index in [1.807, 2.05) is 6.07 Å². The summed E-state index contributed by atoms with van der Waals surface area (Å²) < 4.78 is 1.68. The Bertz CT molecular complexity index is 556. The maximum absolute atomic E-state index is 12.2. The van der Waals surface area contributed by atoms with Crippen molar-refractivity contribution in [3.05, 3.63) is 16.0 Å². The van der Waals surface area contributed by atoms with Gasteiger partial charge in [-0.1, -0.05) is 0 Å². The summed E-state index contributed by atoms with van der Waals surface area (Å²) >= 11 is 0. The molecule has 4 aliphatic rings. The van der Waals surface area contributed by atoms with E-state index in [2.05, 4.69) is 10.3 Å². The number of aromatic amines is 1. The van der Waals surface area contributed by atoms with Crippen LogP contribution in [-0.2, 0) is 5.54 Å². The summed E-state index contributed by atoms with van der Waals surface area (Å²) in [6, 6.07) is 1.87. The molecule has 1 aromatic rings. The van der Waals surface area contributed by atoms with E-state index >= 15 is 0 Å². The zero-order valence-corrected chi connectivity index (χ0v) is 10.2. The molecule has 4 bridgehead atoms. The summed E-state index contributed by atoms with van der Waals surface area (Å²) in [5.41, 5.74) is -0.279. The van der Waals surface area contributed by atoms with Gasteiger partial charge in [0.25, 0.3) is 0 Å². The molecule has 5 rings (SSSR count). The Balaban J connectivity index is 1.82. The van der Waals surface area contributed by atoms with Crippen LogP contribution in [0.2, 0.25) is 0 Å². The normalized spacial score (nSPS) is 40.9. The van der Waals surface area contributed by atoms with Crippen LogP contribution in [0.1, 0.15) is 44.2 Å². The Kier molecular flexibility index (Phi) is 1.87. The molecule has 0 unspecified atom stereocenters. The molecule has 0 saturated heterocycles. The molecule has 94 valence electrons. The first kappa shape index (κ1) is 10.4. The lowest BCUT2D eigenvalue weighted by atomic mass is 9.53. The molecule has 4 saturated carbocycles. The SMILES string of the molecule is N#Cc1n[nH]n(C23CC4CC(CC(C4)C2)C3)c1=O. The van der Waals surface area contributed by atoms with Crippen LogP contribution in [-0.4, -0.2) is 15.0 Å². The lowest BCUT2D eigenvalue weighted by Crippen LogP contribution is -2.54. The highest BCUT2D eigenvalue weighted by atomic mass is 16.1. The molecule has 0 spiro atoms. The lowest BCUT2D eigenvalue weighted by molar-refractivity contribution is -0.0518. The van der Waals surface area contributed by atoms with E-state index in [1.54, 1.807) is 4.68 Å². The molecule has 1 aromatic heterocycles. The predicted octanol–water partition coefficient (Wildman–Crippen LogP) is 1.37. The van der Waals surface area contributed by atoms with Gasteiger partial charge in [-0.3, -0.25) is 4.79 Å². The number of H-pyrrole nitrogens is 1. The fourth-order valence-corrected chi connectivity index (χ4v) is 5.03. The van der Waals surface area contributed by atoms with E-state index in [-0.39, 0.29) is 16.8 Å². The molecule has 0 amide bonds. The highest BCUT2D eigenvalue weighted by Crippen LogP contribution is 2.58. The quantitative estimate of drug-likeness (QED) is 0.810. The molecule has 1 N–H and O–H groups in total. The minimum Gasteiger partial charge on any atom is -0.264 e. The Hall–Kier alpha value is -1.57. The average Bonchev–Trinajstić information content (AvgIpc) is 2.69. The Labute approximate surface area is 105 Å². The van der Waals surface area contributed by atoms with E-state index in [4.69, 9.17) is 5.26 Å². The van der Waals surface area contributed by atoms with Gasteiger partial charge in [-0.25, -0.2) is 9.90 Å². The number of hydrogen-bond donors (Lipinski definition) is 1. The van der Waals surface area contributed by atoms with Crippen LogP contribution in [0.25, 0.3) is 0 Å². The van der Waals surface area contributed by atoms with Gasteiger partial charge >= 0.3 is 5.56 Å². The summed E-state index contributed by atoms with van der Waals surface area (Å²) in [5.74, 6) is 2.32. The predicted molar refractivity (Wildman–Crippen MR) is 63.7 cm³/mol. The van der Waals surface area contributed by atoms with Crippen LogP contribution in [0.4, 0.5) is 0 Å². The molecular weight excluding hydrogens is 228 g/mol. The van der Waals surface area contributed by atoms with Gasteiger partial charge in [-0.2, -0.15) is 5.26 Å². The summed E-state index contributed by atoms with van der Waals surface area (Å²) in [6.07, 6.45) is 7.29. The van der Waals surface area contributed by atoms with Gasteiger partial charge in [0.05, 0.1) is 5.54 Å². The first-order chi connectivity index (χ1) is 8.70. The second kappa shape index (κ2) is 3.25. The summed E-state index contributed by atoms with van der Waals surface area (Å²) in [5, 5.41) is 15.5. The van der Waals surface area contributed by atoms with Gasteiger partial charge in [0.15, 0.2) is 0 Å². The minimum absolute atomic E-state index is 0.00532. The van der Waals surface area contributed by atoms with Crippen LogP contribution in [0.5, 0.6) is 0 Å². The van der Waals surface area contributed by atoms with Crippen molar-refractivity contribution < 1.29 is 0 Å². The molecule has 0 aliphatic heterocycles. The van der Waals surface area contributed by atoms with E-state index < -0.39 is 0 Å². The third-order valence-corrected chi connectivity index (χ3v) is 5.25. The van der Waals surface area contributed by atoms with E-state index in [0.717, 1.165) is 37.0 Å². The van der Waals surface area contributed by atoms with Crippen LogP contribution in [0, 0.1) is 29.1 Å². The Morgan fingerprint density at radius 3 is 2.22 bits per heavy atom. The molecule has 0 atom stereocenters. The number of rotatable bonds is 1. The highest BCUT2D eigenvalue weighted by molar-refractivity contribution is 5.16. The molecule has 5 heteroatoms. The highest BCUT2D eigenvalue weighted by Gasteiger charge is 2.53. The summed E-state index contributed by atoms with van der Waals surface area (Å²) in [7, 11) is 0. The monoisotopic (exact) mass is 244 g/mol. The van der Waals surface area contributed by atoms with Crippen molar-refractivity contribution >= 4 is 0 Å². The van der Waals surface area contributed by atoms with Crippen molar-refractivity contribution in [2.45, 2.75) is 44.1 Å². The van der Waals surface area contributed by atoms with Gasteiger partial charge in [-0.05, 0) is 56.3 Å². The van der Waals surface area contributed by atoms with Gasteiger partial charge in [0.2, 0.25) is 5.69 Å². The minimum atomic E-state index is -0.223. The number of hydrogen-bond acceptors (Lipinski definition) is 3. The first-order valence-corrected chi connectivity index (χ1v) is 6.78. The zero-order valence-electron chi connectivity index (χ0n) is 10.2. The maximum Gasteiger partial charge on any atom is 0.305 e. The van der Waals surface area contributed by atoms with E-state index in [0.29, 0.717) is 0 Å². The molecule has 18 heavy (non-hydrogen) atoms. The van der Waals surface area contributed by atoms with Gasteiger partial charge in [-0.15, -0.1) is 5.10 Å². The summed E-state index contributed by atoms with van der Waals surface area (Å²) in [6.45, 7) is 0. The maximum atomic E-state index is 12.2. The molecule has 4 fully saturated rings. The molecule has 0 aromatic carbocycles. The molecule has 0 radical (unpaired) electrons. The number of nitrogens with one attached hydrogen (secondary N) is 1. The van der Waals surface area contributed by atoms with Crippen molar-refractivity contribution in [2.75, 3.05) is 0 Å². The average molecular weight is 244 g/mol. The molecular formula is C13H16N4O. The number of nitrogens with zero attached hydrogens (tertiary/aromatic N) is 3. The van der Waals surface area contributed by atoms with Crippen molar-refractivity contribution in [3.8, 4) is 6.07 Å². The van der Waals surface area contributed by atoms with Crippen LogP contribution in [0.3, 0.4) is 0 Å². The number of aromatic nitrogens is 3. The third kappa shape index (κ3) is 1.21. The van der Waals surface area contributed by atoms with E-state index in [1.165, 1.54) is 19.3 Å². The number of nitriles is 1. The van der Waals surface area contributed by atoms with Gasteiger partial charge < -0.3 is 0 Å². The smallest absolute Gasteiger partial charge is 0.264 e. The Morgan fingerprint density at radius 1 is 1.22 bits per heavy atom. The van der Waals surface area contributed by atoms with Crippen LogP contribution in [0.15, 0.2) is 4.79 Å². The van der Waals surface area contributed by atoms with Crippen molar-refractivity contribution in [3.63, 3.8) is 0 Å². The molecule has 4 aliphatic carbocycles.